The van der Waals surface area contributed by atoms with E-state index in [2.05, 4.69) is 10.5 Å². The average molecular weight is 263 g/mol. The average Bonchev–Trinajstić information content (AvgIpc) is 3.07. The van der Waals surface area contributed by atoms with Crippen LogP contribution in [0.4, 0.5) is 0 Å². The molecule has 0 heterocycles. The molecule has 3 nitrogen and oxygen atoms in total. The van der Waals surface area contributed by atoms with E-state index < -0.39 is 0 Å². The molecule has 0 saturated heterocycles. The van der Waals surface area contributed by atoms with Gasteiger partial charge in [-0.2, -0.15) is 5.10 Å². The first-order valence-corrected chi connectivity index (χ1v) is 6.67. The lowest BCUT2D eigenvalue weighted by molar-refractivity contribution is -0.123. The van der Waals surface area contributed by atoms with Crippen LogP contribution in [0.5, 0.6) is 0 Å². The highest BCUT2D eigenvalue weighted by Gasteiger charge is 2.60. The zero-order chi connectivity index (χ0) is 12.6. The lowest BCUT2D eigenvalue weighted by Crippen LogP contribution is -2.26. The van der Waals surface area contributed by atoms with E-state index in [9.17, 15) is 4.79 Å². The first-order valence-electron chi connectivity index (χ1n) is 6.29. The number of hydrazone groups is 1. The smallest absolute Gasteiger partial charge is 0.243 e. The molecular weight excluding hydrogens is 248 g/mol. The number of amides is 1. The van der Waals surface area contributed by atoms with E-state index in [4.69, 9.17) is 11.6 Å². The second kappa shape index (κ2) is 4.39. The molecule has 1 amide bonds. The third-order valence-corrected chi connectivity index (χ3v) is 4.48. The fourth-order valence-corrected chi connectivity index (χ4v) is 2.91. The molecule has 4 heteroatoms. The molecule has 1 atom stereocenters. The van der Waals surface area contributed by atoms with Crippen LogP contribution in [0.2, 0.25) is 5.02 Å². The van der Waals surface area contributed by atoms with Crippen molar-refractivity contribution >= 4 is 23.7 Å². The monoisotopic (exact) mass is 262 g/mol. The van der Waals surface area contributed by atoms with Crippen molar-refractivity contribution in [3.63, 3.8) is 0 Å². The Labute approximate surface area is 111 Å². The van der Waals surface area contributed by atoms with Crippen LogP contribution in [0.3, 0.4) is 0 Å². The van der Waals surface area contributed by atoms with Gasteiger partial charge in [0.15, 0.2) is 0 Å². The zero-order valence-corrected chi connectivity index (χ0v) is 10.8. The number of nitrogens with one attached hydrogen (secondary N) is 1. The summed E-state index contributed by atoms with van der Waals surface area (Å²) in [5, 5.41) is 4.62. The van der Waals surface area contributed by atoms with E-state index in [-0.39, 0.29) is 11.8 Å². The van der Waals surface area contributed by atoms with Gasteiger partial charge < -0.3 is 0 Å². The molecule has 2 aliphatic carbocycles. The van der Waals surface area contributed by atoms with Crippen LogP contribution >= 0.6 is 11.6 Å². The van der Waals surface area contributed by atoms with Crippen LogP contribution in [-0.2, 0) is 4.79 Å². The highest BCUT2D eigenvalue weighted by Crippen LogP contribution is 2.65. The van der Waals surface area contributed by atoms with Crippen molar-refractivity contribution in [3.8, 4) is 0 Å². The van der Waals surface area contributed by atoms with Crippen LogP contribution in [-0.4, -0.2) is 12.1 Å². The molecule has 2 saturated carbocycles. The van der Waals surface area contributed by atoms with Crippen molar-refractivity contribution in [2.75, 3.05) is 0 Å². The summed E-state index contributed by atoms with van der Waals surface area (Å²) < 4.78 is 0. The molecule has 0 unspecified atom stereocenters. The first kappa shape index (κ1) is 11.7. The summed E-state index contributed by atoms with van der Waals surface area (Å²) in [5.74, 6) is 0.243. The fourth-order valence-electron chi connectivity index (χ4n) is 2.73. The van der Waals surface area contributed by atoms with Crippen LogP contribution in [0.25, 0.3) is 0 Å². The van der Waals surface area contributed by atoms with Gasteiger partial charge in [0.2, 0.25) is 5.91 Å². The van der Waals surface area contributed by atoms with Crippen molar-refractivity contribution in [2.45, 2.75) is 25.7 Å². The summed E-state index contributed by atoms with van der Waals surface area (Å²) in [5.41, 5.74) is 3.78. The maximum atomic E-state index is 11.8. The van der Waals surface area contributed by atoms with Crippen LogP contribution in [0.15, 0.2) is 29.4 Å². The minimum atomic E-state index is 0.0537. The van der Waals surface area contributed by atoms with Gasteiger partial charge in [-0.3, -0.25) is 4.79 Å². The van der Waals surface area contributed by atoms with Gasteiger partial charge >= 0.3 is 0 Å². The Morgan fingerprint density at radius 1 is 1.44 bits per heavy atom. The molecule has 1 N–H and O–H groups in total. The van der Waals surface area contributed by atoms with Crippen molar-refractivity contribution in [1.82, 2.24) is 5.43 Å². The van der Waals surface area contributed by atoms with E-state index in [1.54, 1.807) is 12.3 Å². The topological polar surface area (TPSA) is 41.5 Å². The molecule has 0 bridgehead atoms. The summed E-state index contributed by atoms with van der Waals surface area (Å²) in [7, 11) is 0. The van der Waals surface area contributed by atoms with Crippen molar-refractivity contribution < 1.29 is 4.79 Å². The minimum Gasteiger partial charge on any atom is -0.273 e. The van der Waals surface area contributed by atoms with Crippen LogP contribution in [0, 0.1) is 11.3 Å². The van der Waals surface area contributed by atoms with Crippen molar-refractivity contribution in [1.29, 1.82) is 0 Å². The van der Waals surface area contributed by atoms with Gasteiger partial charge in [0.1, 0.15) is 0 Å². The summed E-state index contributed by atoms with van der Waals surface area (Å²) in [6, 6.07) is 7.42. The normalized spacial score (nSPS) is 23.9. The highest BCUT2D eigenvalue weighted by molar-refractivity contribution is 6.33. The van der Waals surface area contributed by atoms with Gasteiger partial charge in [0.05, 0.1) is 6.21 Å². The predicted molar refractivity (Wildman–Crippen MR) is 71.6 cm³/mol. The number of hydrogen-bond acceptors (Lipinski definition) is 2. The third-order valence-electron chi connectivity index (χ3n) is 4.14. The van der Waals surface area contributed by atoms with E-state index in [1.807, 2.05) is 18.2 Å². The van der Waals surface area contributed by atoms with E-state index >= 15 is 0 Å². The number of halogens is 1. The zero-order valence-electron chi connectivity index (χ0n) is 10.0. The second-order valence-electron chi connectivity index (χ2n) is 5.23. The molecule has 3 rings (SSSR count). The molecule has 1 aromatic rings. The molecule has 18 heavy (non-hydrogen) atoms. The van der Waals surface area contributed by atoms with Crippen molar-refractivity contribution in [3.05, 3.63) is 34.9 Å². The summed E-state index contributed by atoms with van der Waals surface area (Å²) in [4.78, 5) is 11.8. The number of benzene rings is 1. The third kappa shape index (κ3) is 2.03. The van der Waals surface area contributed by atoms with E-state index in [0.717, 1.165) is 12.0 Å². The van der Waals surface area contributed by atoms with Gasteiger partial charge in [0.25, 0.3) is 0 Å². The van der Waals surface area contributed by atoms with Gasteiger partial charge in [-0.15, -0.1) is 0 Å². The van der Waals surface area contributed by atoms with Gasteiger partial charge in [-0.05, 0) is 30.7 Å². The Morgan fingerprint density at radius 3 is 2.83 bits per heavy atom. The molecule has 1 spiro atoms. The largest absolute Gasteiger partial charge is 0.273 e. The van der Waals surface area contributed by atoms with Crippen LogP contribution < -0.4 is 5.43 Å². The van der Waals surface area contributed by atoms with Gasteiger partial charge in [0, 0.05) is 16.5 Å². The number of carbonyl (C=O) groups excluding carboxylic acids is 1. The van der Waals surface area contributed by atoms with Gasteiger partial charge in [-0.1, -0.05) is 36.2 Å². The Kier molecular flexibility index (Phi) is 2.86. The fraction of sp³-hybridized carbons (Fsp3) is 0.429. The minimum absolute atomic E-state index is 0.0537. The number of rotatable bonds is 3. The lowest BCUT2D eigenvalue weighted by atomic mass is 9.80. The van der Waals surface area contributed by atoms with Gasteiger partial charge in [-0.25, -0.2) is 5.43 Å². The van der Waals surface area contributed by atoms with E-state index in [1.165, 1.54) is 19.3 Å². The SMILES string of the molecule is O=C(N/N=C\c1ccccc1Cl)[C@@H]1CC12CCC2. The molecule has 0 aliphatic heterocycles. The lowest BCUT2D eigenvalue weighted by Gasteiger charge is -2.25. The first-order chi connectivity index (χ1) is 8.71. The summed E-state index contributed by atoms with van der Waals surface area (Å²) >= 11 is 5.99. The molecule has 0 radical (unpaired) electrons. The summed E-state index contributed by atoms with van der Waals surface area (Å²) in [6.45, 7) is 0. The number of carbonyl (C=O) groups is 1. The number of nitrogens with zero attached hydrogens (tertiary/aromatic N) is 1. The standard InChI is InChI=1S/C14H15ClN2O/c15-12-5-2-1-4-10(12)9-16-17-13(18)11-8-14(11)6-3-7-14/h1-2,4-5,9,11H,3,6-8H2,(H,17,18)/b16-9-/t11-/m0/s1. The molecule has 1 aromatic carbocycles. The molecule has 2 aliphatic rings. The van der Waals surface area contributed by atoms with E-state index in [0.29, 0.717) is 10.4 Å². The number of hydrogen-bond donors (Lipinski definition) is 1. The van der Waals surface area contributed by atoms with Crippen molar-refractivity contribution in [2.24, 2.45) is 16.4 Å². The second-order valence-corrected chi connectivity index (χ2v) is 5.64. The maximum Gasteiger partial charge on any atom is 0.243 e. The van der Waals surface area contributed by atoms with Crippen LogP contribution in [0.1, 0.15) is 31.2 Å². The highest BCUT2D eigenvalue weighted by atomic mass is 35.5. The maximum absolute atomic E-state index is 11.8. The Bertz CT molecular complexity index is 508. The quantitative estimate of drug-likeness (QED) is 0.660. The summed E-state index contributed by atoms with van der Waals surface area (Å²) in [6.07, 6.45) is 6.32. The predicted octanol–water partition coefficient (Wildman–Crippen LogP) is 2.98. The molecule has 94 valence electrons. The Morgan fingerprint density at radius 2 is 2.22 bits per heavy atom. The molecule has 0 aromatic heterocycles. The Balaban J connectivity index is 1.55. The molecular formula is C14H15ClN2O. The molecule has 2 fully saturated rings. The Hall–Kier alpha value is -1.35.